The van der Waals surface area contributed by atoms with Crippen LogP contribution >= 0.6 is 0 Å². The largest absolute Gasteiger partial charge is 0.488 e. The Morgan fingerprint density at radius 2 is 1.61 bits per heavy atom. The number of nitrogens with zero attached hydrogens (tertiary/aromatic N) is 1. The summed E-state index contributed by atoms with van der Waals surface area (Å²) in [6.45, 7) is 1.11. The fraction of sp³-hybridized carbons (Fsp3) is 0.267. The highest BCUT2D eigenvalue weighted by atomic mass is 16.5. The minimum atomic E-state index is -1.01. The van der Waals surface area contributed by atoms with Crippen molar-refractivity contribution in [1.82, 2.24) is 15.5 Å². The molecule has 3 aromatic rings. The second-order valence-electron chi connectivity index (χ2n) is 9.99. The molecule has 4 amide bonds. The summed E-state index contributed by atoms with van der Waals surface area (Å²) in [4.78, 5) is 51.0. The van der Waals surface area contributed by atoms with Crippen LogP contribution in [0.25, 0.3) is 0 Å². The van der Waals surface area contributed by atoms with Crippen LogP contribution in [0.2, 0.25) is 0 Å². The average molecular weight is 510 g/mol. The summed E-state index contributed by atoms with van der Waals surface area (Å²) >= 11 is 0. The van der Waals surface area contributed by atoms with E-state index in [0.717, 1.165) is 29.8 Å². The third-order valence-electron chi connectivity index (χ3n) is 7.50. The van der Waals surface area contributed by atoms with Crippen molar-refractivity contribution in [2.24, 2.45) is 0 Å². The van der Waals surface area contributed by atoms with Gasteiger partial charge in [0, 0.05) is 19.0 Å². The maximum atomic E-state index is 13.2. The molecule has 3 aromatic carbocycles. The monoisotopic (exact) mass is 509 g/mol. The molecule has 3 aliphatic heterocycles. The number of hydrogen-bond acceptors (Lipinski definition) is 6. The Bertz CT molecular complexity index is 1450. The predicted molar refractivity (Wildman–Crippen MR) is 138 cm³/mol. The molecule has 8 heteroatoms. The first-order valence-corrected chi connectivity index (χ1v) is 12.8. The third-order valence-corrected chi connectivity index (χ3v) is 7.50. The lowest BCUT2D eigenvalue weighted by Crippen LogP contribution is -2.54. The molecule has 0 spiro atoms. The van der Waals surface area contributed by atoms with Crippen molar-refractivity contribution in [1.29, 1.82) is 0 Å². The fourth-order valence-electron chi connectivity index (χ4n) is 5.49. The van der Waals surface area contributed by atoms with Crippen LogP contribution < -0.4 is 15.4 Å². The van der Waals surface area contributed by atoms with Gasteiger partial charge in [-0.15, -0.1) is 0 Å². The number of piperidine rings is 1. The van der Waals surface area contributed by atoms with Crippen molar-refractivity contribution < 1.29 is 23.9 Å². The molecule has 2 N–H and O–H groups in total. The normalized spacial score (nSPS) is 20.7. The molecule has 0 radical (unpaired) electrons. The highest BCUT2D eigenvalue weighted by molar-refractivity contribution is 6.24. The van der Waals surface area contributed by atoms with Gasteiger partial charge < -0.3 is 10.1 Å². The summed E-state index contributed by atoms with van der Waals surface area (Å²) in [6.07, 6.45) is 2.12. The van der Waals surface area contributed by atoms with E-state index in [1.165, 1.54) is 16.7 Å². The first kappa shape index (κ1) is 24.1. The Morgan fingerprint density at radius 1 is 0.842 bits per heavy atom. The van der Waals surface area contributed by atoms with Crippen molar-refractivity contribution in [2.45, 2.75) is 50.9 Å². The lowest BCUT2D eigenvalue weighted by molar-refractivity contribution is -0.136. The second-order valence-corrected chi connectivity index (χ2v) is 9.99. The molecule has 192 valence electrons. The van der Waals surface area contributed by atoms with Gasteiger partial charge in [-0.05, 0) is 53.6 Å². The first-order valence-electron chi connectivity index (χ1n) is 12.8. The molecule has 2 unspecified atom stereocenters. The van der Waals surface area contributed by atoms with Gasteiger partial charge in [-0.1, -0.05) is 54.6 Å². The Hall–Kier alpha value is -4.30. The van der Waals surface area contributed by atoms with Gasteiger partial charge >= 0.3 is 0 Å². The summed E-state index contributed by atoms with van der Waals surface area (Å²) in [5.74, 6) is -1.87. The molecule has 0 bridgehead atoms. The zero-order valence-electron chi connectivity index (χ0n) is 20.7. The SMILES string of the molecule is O=C1CCC(N2C(=O)c3cccc(OCc4ccc(CC5Cc6ccccc6CN5)cc4)c3C2=O)C(=O)N1. The van der Waals surface area contributed by atoms with Crippen LogP contribution in [0.3, 0.4) is 0 Å². The van der Waals surface area contributed by atoms with Gasteiger partial charge in [-0.25, -0.2) is 0 Å². The molecule has 2 atom stereocenters. The van der Waals surface area contributed by atoms with Crippen LogP contribution in [0, 0.1) is 0 Å². The van der Waals surface area contributed by atoms with Crippen LogP contribution in [0.5, 0.6) is 5.75 Å². The standard InChI is InChI=1S/C30H27N3O5/c34-26-13-12-24(28(35)32-26)33-29(36)23-6-3-7-25(27(23)30(33)37)38-17-19-10-8-18(9-11-19)14-22-15-20-4-1-2-5-21(20)16-31-22/h1-11,22,24,31H,12-17H2,(H,32,34,35). The van der Waals surface area contributed by atoms with Gasteiger partial charge in [0.15, 0.2) is 0 Å². The Labute approximate surface area is 220 Å². The predicted octanol–water partition coefficient (Wildman–Crippen LogP) is 2.92. The summed E-state index contributed by atoms with van der Waals surface area (Å²) in [5.41, 5.74) is 5.29. The Balaban J connectivity index is 1.11. The van der Waals surface area contributed by atoms with Gasteiger partial charge in [0.25, 0.3) is 11.8 Å². The minimum absolute atomic E-state index is 0.0767. The molecule has 3 aliphatic rings. The van der Waals surface area contributed by atoms with Crippen LogP contribution in [-0.2, 0) is 35.6 Å². The van der Waals surface area contributed by atoms with E-state index in [1.807, 2.05) is 12.1 Å². The van der Waals surface area contributed by atoms with E-state index in [0.29, 0.717) is 11.8 Å². The van der Waals surface area contributed by atoms with Crippen molar-refractivity contribution in [3.63, 3.8) is 0 Å². The minimum Gasteiger partial charge on any atom is -0.488 e. The summed E-state index contributed by atoms with van der Waals surface area (Å²) in [5, 5.41) is 5.83. The van der Waals surface area contributed by atoms with Gasteiger partial charge in [0.05, 0.1) is 11.1 Å². The van der Waals surface area contributed by atoms with Crippen molar-refractivity contribution in [3.05, 3.63) is 100 Å². The molecule has 0 aliphatic carbocycles. The van der Waals surface area contributed by atoms with Crippen molar-refractivity contribution in [2.75, 3.05) is 0 Å². The van der Waals surface area contributed by atoms with Crippen LogP contribution in [0.15, 0.2) is 66.7 Å². The van der Waals surface area contributed by atoms with E-state index in [9.17, 15) is 19.2 Å². The van der Waals surface area contributed by atoms with E-state index in [2.05, 4.69) is 47.0 Å². The maximum Gasteiger partial charge on any atom is 0.266 e. The molecule has 3 heterocycles. The van der Waals surface area contributed by atoms with Crippen molar-refractivity contribution >= 4 is 23.6 Å². The molecule has 6 rings (SSSR count). The highest BCUT2D eigenvalue weighted by Gasteiger charge is 2.46. The lowest BCUT2D eigenvalue weighted by atomic mass is 9.92. The van der Waals surface area contributed by atoms with E-state index in [1.54, 1.807) is 18.2 Å². The first-order chi connectivity index (χ1) is 18.5. The van der Waals surface area contributed by atoms with Gasteiger partial charge in [0.1, 0.15) is 18.4 Å². The number of fused-ring (bicyclic) bond motifs is 2. The molecule has 38 heavy (non-hydrogen) atoms. The molecular formula is C30H27N3O5. The number of hydrogen-bond donors (Lipinski definition) is 2. The van der Waals surface area contributed by atoms with Crippen LogP contribution in [0.1, 0.15) is 55.8 Å². The van der Waals surface area contributed by atoms with Gasteiger partial charge in [-0.3, -0.25) is 29.4 Å². The molecule has 8 nitrogen and oxygen atoms in total. The summed E-state index contributed by atoms with van der Waals surface area (Å²) in [6, 6.07) is 21.0. The number of amides is 4. The van der Waals surface area contributed by atoms with E-state index >= 15 is 0 Å². The Kier molecular flexibility index (Phi) is 6.25. The molecule has 1 fully saturated rings. The van der Waals surface area contributed by atoms with Gasteiger partial charge in [-0.2, -0.15) is 0 Å². The number of ether oxygens (including phenoxy) is 1. The molecule has 0 saturated carbocycles. The Morgan fingerprint density at radius 3 is 2.39 bits per heavy atom. The van der Waals surface area contributed by atoms with Crippen LogP contribution in [-0.4, -0.2) is 40.6 Å². The maximum absolute atomic E-state index is 13.2. The zero-order chi connectivity index (χ0) is 26.2. The second kappa shape index (κ2) is 9.87. The molecule has 0 aromatic heterocycles. The van der Waals surface area contributed by atoms with Crippen LogP contribution in [0.4, 0.5) is 0 Å². The highest BCUT2D eigenvalue weighted by Crippen LogP contribution is 2.34. The number of carbonyl (C=O) groups excluding carboxylic acids is 4. The number of rotatable bonds is 6. The van der Waals surface area contributed by atoms with E-state index in [4.69, 9.17) is 4.74 Å². The zero-order valence-corrected chi connectivity index (χ0v) is 20.7. The fourth-order valence-corrected chi connectivity index (χ4v) is 5.49. The quantitative estimate of drug-likeness (QED) is 0.495. The number of carbonyl (C=O) groups is 4. The molecular weight excluding hydrogens is 482 g/mol. The summed E-state index contributed by atoms with van der Waals surface area (Å²) in [7, 11) is 0. The lowest BCUT2D eigenvalue weighted by Gasteiger charge is -2.27. The molecule has 1 saturated heterocycles. The smallest absolute Gasteiger partial charge is 0.266 e. The van der Waals surface area contributed by atoms with E-state index in [-0.39, 0.29) is 30.6 Å². The van der Waals surface area contributed by atoms with E-state index < -0.39 is 29.7 Å². The number of nitrogens with one attached hydrogen (secondary N) is 2. The summed E-state index contributed by atoms with van der Waals surface area (Å²) < 4.78 is 6.00. The number of benzene rings is 3. The van der Waals surface area contributed by atoms with Crippen molar-refractivity contribution in [3.8, 4) is 5.75 Å². The third kappa shape index (κ3) is 4.48. The number of imide groups is 2. The average Bonchev–Trinajstić information content (AvgIpc) is 3.18. The topological polar surface area (TPSA) is 105 Å². The van der Waals surface area contributed by atoms with Gasteiger partial charge in [0.2, 0.25) is 11.8 Å².